The van der Waals surface area contributed by atoms with E-state index in [0.29, 0.717) is 17.3 Å². The van der Waals surface area contributed by atoms with Crippen molar-refractivity contribution in [3.05, 3.63) is 41.8 Å². The molecule has 0 saturated heterocycles. The van der Waals surface area contributed by atoms with Crippen LogP contribution in [-0.4, -0.2) is 30.0 Å². The molecule has 6 heteroatoms. The Bertz CT molecular complexity index is 724. The van der Waals surface area contributed by atoms with E-state index in [1.54, 1.807) is 6.92 Å². The molecule has 0 spiro atoms. The quantitative estimate of drug-likeness (QED) is 0.781. The summed E-state index contributed by atoms with van der Waals surface area (Å²) in [5, 5.41) is 2.75. The highest BCUT2D eigenvalue weighted by Crippen LogP contribution is 2.21. The van der Waals surface area contributed by atoms with Crippen molar-refractivity contribution in [3.63, 3.8) is 0 Å². The molecule has 134 valence electrons. The third kappa shape index (κ3) is 4.68. The van der Waals surface area contributed by atoms with Crippen LogP contribution in [0.5, 0.6) is 0 Å². The van der Waals surface area contributed by atoms with Crippen molar-refractivity contribution in [2.24, 2.45) is 5.92 Å². The van der Waals surface area contributed by atoms with Crippen molar-refractivity contribution in [3.8, 4) is 11.5 Å². The van der Waals surface area contributed by atoms with Crippen LogP contribution in [0, 0.1) is 12.8 Å². The minimum absolute atomic E-state index is 0.0188. The van der Waals surface area contributed by atoms with Gasteiger partial charge < -0.3 is 14.5 Å². The second-order valence-corrected chi connectivity index (χ2v) is 6.02. The van der Waals surface area contributed by atoms with Crippen molar-refractivity contribution in [2.45, 2.75) is 39.7 Å². The highest BCUT2D eigenvalue weighted by molar-refractivity contribution is 5.85. The van der Waals surface area contributed by atoms with Crippen LogP contribution < -0.4 is 5.32 Å². The predicted octanol–water partition coefficient (Wildman–Crippen LogP) is 2.90. The molecule has 1 amide bonds. The third-order valence-electron chi connectivity index (χ3n) is 4.23. The van der Waals surface area contributed by atoms with E-state index >= 15 is 0 Å². The average Bonchev–Trinajstić information content (AvgIpc) is 2.99. The minimum Gasteiger partial charge on any atom is -0.467 e. The van der Waals surface area contributed by atoms with Gasteiger partial charge in [-0.15, -0.1) is 0 Å². The first-order chi connectivity index (χ1) is 12.0. The van der Waals surface area contributed by atoms with Gasteiger partial charge in [-0.1, -0.05) is 38.5 Å². The molecule has 2 rings (SSSR count). The van der Waals surface area contributed by atoms with E-state index in [9.17, 15) is 9.59 Å². The maximum atomic E-state index is 12.4. The Morgan fingerprint density at radius 3 is 2.56 bits per heavy atom. The predicted molar refractivity (Wildman–Crippen MR) is 93.8 cm³/mol. The summed E-state index contributed by atoms with van der Waals surface area (Å²) in [4.78, 5) is 28.7. The molecular weight excluding hydrogens is 320 g/mol. The van der Waals surface area contributed by atoms with Crippen LogP contribution in [0.3, 0.4) is 0 Å². The Morgan fingerprint density at radius 2 is 1.96 bits per heavy atom. The van der Waals surface area contributed by atoms with Crippen LogP contribution >= 0.6 is 0 Å². The van der Waals surface area contributed by atoms with E-state index in [-0.39, 0.29) is 18.2 Å². The standard InChI is InChI=1S/C19H24N2O4/c1-5-12(2)17(19(23)24-4)21-16(22)11-15-13(3)25-18(20-15)14-9-7-6-8-10-14/h6-10,12,17H,5,11H2,1-4H3,(H,21,22)/t12-,17-/m1/s1. The molecule has 0 unspecified atom stereocenters. The Kier molecular flexibility index (Phi) is 6.33. The zero-order valence-corrected chi connectivity index (χ0v) is 15.0. The number of benzene rings is 1. The Morgan fingerprint density at radius 1 is 1.28 bits per heavy atom. The lowest BCUT2D eigenvalue weighted by Crippen LogP contribution is -2.46. The smallest absolute Gasteiger partial charge is 0.328 e. The maximum absolute atomic E-state index is 12.4. The van der Waals surface area contributed by atoms with Gasteiger partial charge in [0.05, 0.1) is 19.2 Å². The zero-order valence-electron chi connectivity index (χ0n) is 15.0. The molecule has 0 saturated carbocycles. The molecule has 0 aliphatic heterocycles. The van der Waals surface area contributed by atoms with E-state index in [2.05, 4.69) is 10.3 Å². The number of carbonyl (C=O) groups excluding carboxylic acids is 2. The number of hydrogen-bond acceptors (Lipinski definition) is 5. The molecule has 2 aromatic rings. The lowest BCUT2D eigenvalue weighted by atomic mass is 9.99. The molecule has 0 radical (unpaired) electrons. The van der Waals surface area contributed by atoms with Gasteiger partial charge in [0.15, 0.2) is 0 Å². The summed E-state index contributed by atoms with van der Waals surface area (Å²) in [6.45, 7) is 5.63. The topological polar surface area (TPSA) is 81.4 Å². The number of esters is 1. The van der Waals surface area contributed by atoms with Crippen molar-refractivity contribution in [1.82, 2.24) is 10.3 Å². The van der Waals surface area contributed by atoms with Gasteiger partial charge >= 0.3 is 5.97 Å². The minimum atomic E-state index is -0.664. The largest absolute Gasteiger partial charge is 0.467 e. The summed E-state index contributed by atoms with van der Waals surface area (Å²) in [5.41, 5.74) is 1.41. The van der Waals surface area contributed by atoms with Gasteiger partial charge in [0.1, 0.15) is 11.8 Å². The van der Waals surface area contributed by atoms with Crippen molar-refractivity contribution in [2.75, 3.05) is 7.11 Å². The Labute approximate surface area is 147 Å². The van der Waals surface area contributed by atoms with Gasteiger partial charge in [-0.25, -0.2) is 9.78 Å². The number of nitrogens with zero attached hydrogens (tertiary/aromatic N) is 1. The van der Waals surface area contributed by atoms with Crippen molar-refractivity contribution < 1.29 is 18.7 Å². The molecule has 0 aliphatic carbocycles. The van der Waals surface area contributed by atoms with Crippen LogP contribution in [-0.2, 0) is 20.7 Å². The molecule has 0 aliphatic rings. The lowest BCUT2D eigenvalue weighted by Gasteiger charge is -2.21. The van der Waals surface area contributed by atoms with E-state index in [1.165, 1.54) is 7.11 Å². The number of methoxy groups -OCH3 is 1. The summed E-state index contributed by atoms with van der Waals surface area (Å²) in [6, 6.07) is 8.83. The molecule has 1 aromatic carbocycles. The SMILES string of the molecule is CC[C@@H](C)[C@@H](NC(=O)Cc1nc(-c2ccccc2)oc1C)C(=O)OC. The van der Waals surface area contributed by atoms with E-state index < -0.39 is 12.0 Å². The van der Waals surface area contributed by atoms with Gasteiger partial charge in [-0.2, -0.15) is 0 Å². The van der Waals surface area contributed by atoms with Crippen molar-refractivity contribution >= 4 is 11.9 Å². The van der Waals surface area contributed by atoms with Gasteiger partial charge in [0.2, 0.25) is 11.8 Å². The number of oxazole rings is 1. The number of nitrogens with one attached hydrogen (secondary N) is 1. The zero-order chi connectivity index (χ0) is 18.4. The first kappa shape index (κ1) is 18.7. The van der Waals surface area contributed by atoms with Crippen molar-refractivity contribution in [1.29, 1.82) is 0 Å². The molecular formula is C19H24N2O4. The number of carbonyl (C=O) groups is 2. The molecule has 25 heavy (non-hydrogen) atoms. The fourth-order valence-corrected chi connectivity index (χ4v) is 2.47. The van der Waals surface area contributed by atoms with Crippen LogP contribution in [0.2, 0.25) is 0 Å². The van der Waals surface area contributed by atoms with Gasteiger partial charge in [-0.3, -0.25) is 4.79 Å². The molecule has 0 bridgehead atoms. The number of rotatable bonds is 7. The highest BCUT2D eigenvalue weighted by Gasteiger charge is 2.27. The summed E-state index contributed by atoms with van der Waals surface area (Å²) in [7, 11) is 1.32. The van der Waals surface area contributed by atoms with Crippen LogP contribution in [0.1, 0.15) is 31.7 Å². The van der Waals surface area contributed by atoms with E-state index in [1.807, 2.05) is 44.2 Å². The van der Waals surface area contributed by atoms with E-state index in [4.69, 9.17) is 9.15 Å². The molecule has 6 nitrogen and oxygen atoms in total. The van der Waals surface area contributed by atoms with Gasteiger partial charge in [0, 0.05) is 5.56 Å². The second-order valence-electron chi connectivity index (χ2n) is 6.02. The second kappa shape index (κ2) is 8.46. The van der Waals surface area contributed by atoms with Crippen LogP contribution in [0.15, 0.2) is 34.7 Å². The average molecular weight is 344 g/mol. The highest BCUT2D eigenvalue weighted by atomic mass is 16.5. The number of amides is 1. The number of hydrogen-bond donors (Lipinski definition) is 1. The number of aromatic nitrogens is 1. The summed E-state index contributed by atoms with van der Waals surface area (Å²) >= 11 is 0. The first-order valence-electron chi connectivity index (χ1n) is 8.35. The monoisotopic (exact) mass is 344 g/mol. The lowest BCUT2D eigenvalue weighted by molar-refractivity contribution is -0.146. The van der Waals surface area contributed by atoms with Crippen LogP contribution in [0.25, 0.3) is 11.5 Å². The molecule has 2 atom stereocenters. The molecule has 1 heterocycles. The molecule has 1 N–H and O–H groups in total. The van der Waals surface area contributed by atoms with Gasteiger partial charge in [-0.05, 0) is 25.0 Å². The maximum Gasteiger partial charge on any atom is 0.328 e. The Hall–Kier alpha value is -2.63. The first-order valence-corrected chi connectivity index (χ1v) is 8.35. The number of ether oxygens (including phenoxy) is 1. The summed E-state index contributed by atoms with van der Waals surface area (Å²) < 4.78 is 10.4. The Balaban J connectivity index is 2.10. The van der Waals surface area contributed by atoms with Crippen LogP contribution in [0.4, 0.5) is 0 Å². The summed E-state index contributed by atoms with van der Waals surface area (Å²) in [6.07, 6.45) is 0.799. The normalized spacial score (nSPS) is 13.1. The molecule has 0 fully saturated rings. The fourth-order valence-electron chi connectivity index (χ4n) is 2.47. The molecule has 1 aromatic heterocycles. The van der Waals surface area contributed by atoms with Gasteiger partial charge in [0.25, 0.3) is 0 Å². The third-order valence-corrected chi connectivity index (χ3v) is 4.23. The number of aryl methyl sites for hydroxylation is 1. The van der Waals surface area contributed by atoms with E-state index in [0.717, 1.165) is 12.0 Å². The fraction of sp³-hybridized carbons (Fsp3) is 0.421. The summed E-state index contributed by atoms with van der Waals surface area (Å²) in [5.74, 6) is 0.324.